The second-order valence-corrected chi connectivity index (χ2v) is 3.61. The van der Waals surface area contributed by atoms with Crippen molar-refractivity contribution in [3.8, 4) is 5.88 Å². The van der Waals surface area contributed by atoms with Crippen molar-refractivity contribution in [2.75, 3.05) is 7.11 Å². The van der Waals surface area contributed by atoms with E-state index < -0.39 is 0 Å². The van der Waals surface area contributed by atoms with Gasteiger partial charge in [-0.3, -0.25) is 4.79 Å². The predicted octanol–water partition coefficient (Wildman–Crippen LogP) is 2.02. The van der Waals surface area contributed by atoms with Crippen LogP contribution in [-0.2, 0) is 0 Å². The average Bonchev–Trinajstić information content (AvgIpc) is 2.38. The summed E-state index contributed by atoms with van der Waals surface area (Å²) >= 11 is 0. The number of aryl methyl sites for hydroxylation is 1. The van der Waals surface area contributed by atoms with Crippen molar-refractivity contribution in [1.29, 1.82) is 0 Å². The van der Waals surface area contributed by atoms with Crippen LogP contribution in [-0.4, -0.2) is 22.9 Å². The molecular formula is C13H12N2O2. The van der Waals surface area contributed by atoms with E-state index in [9.17, 15) is 4.79 Å². The Hall–Kier alpha value is -2.23. The van der Waals surface area contributed by atoms with Crippen molar-refractivity contribution >= 4 is 5.78 Å². The van der Waals surface area contributed by atoms with Crippen LogP contribution in [0.1, 0.15) is 21.6 Å². The minimum Gasteiger partial charge on any atom is -0.479 e. The molecule has 2 aromatic rings. The van der Waals surface area contributed by atoms with Crippen molar-refractivity contribution in [2.45, 2.75) is 6.92 Å². The summed E-state index contributed by atoms with van der Waals surface area (Å²) in [6.07, 6.45) is 2.97. The number of nitrogens with zero attached hydrogens (tertiary/aromatic N) is 2. The second kappa shape index (κ2) is 4.74. The maximum absolute atomic E-state index is 12.2. The highest BCUT2D eigenvalue weighted by Crippen LogP contribution is 2.16. The van der Waals surface area contributed by atoms with Crippen LogP contribution in [0.3, 0.4) is 0 Å². The average molecular weight is 228 g/mol. The van der Waals surface area contributed by atoms with Gasteiger partial charge >= 0.3 is 0 Å². The normalized spacial score (nSPS) is 10.0. The molecule has 2 rings (SSSR count). The van der Waals surface area contributed by atoms with Crippen LogP contribution < -0.4 is 4.74 Å². The number of rotatable bonds is 3. The third-order valence-electron chi connectivity index (χ3n) is 2.35. The first-order chi connectivity index (χ1) is 8.22. The number of carbonyl (C=O) groups is 1. The van der Waals surface area contributed by atoms with Crippen LogP contribution in [0.2, 0.25) is 0 Å². The molecule has 0 aliphatic rings. The van der Waals surface area contributed by atoms with Crippen LogP contribution in [0.15, 0.2) is 36.7 Å². The molecule has 0 atom stereocenters. The van der Waals surface area contributed by atoms with Crippen LogP contribution >= 0.6 is 0 Å². The van der Waals surface area contributed by atoms with Gasteiger partial charge in [0.15, 0.2) is 5.69 Å². The molecule has 0 bridgehead atoms. The van der Waals surface area contributed by atoms with Gasteiger partial charge in [-0.2, -0.15) is 0 Å². The van der Waals surface area contributed by atoms with Crippen molar-refractivity contribution < 1.29 is 9.53 Å². The van der Waals surface area contributed by atoms with E-state index in [1.807, 2.05) is 25.1 Å². The molecule has 0 unspecified atom stereocenters. The monoisotopic (exact) mass is 228 g/mol. The van der Waals surface area contributed by atoms with Gasteiger partial charge in [0.1, 0.15) is 0 Å². The zero-order valence-corrected chi connectivity index (χ0v) is 9.68. The van der Waals surface area contributed by atoms with E-state index in [0.29, 0.717) is 5.56 Å². The topological polar surface area (TPSA) is 52.1 Å². The van der Waals surface area contributed by atoms with Gasteiger partial charge in [-0.05, 0) is 13.0 Å². The Balaban J connectivity index is 2.44. The molecule has 0 aliphatic heterocycles. The molecule has 0 saturated carbocycles. The van der Waals surface area contributed by atoms with Crippen molar-refractivity contribution in [2.24, 2.45) is 0 Å². The molecule has 4 nitrogen and oxygen atoms in total. The molecule has 1 heterocycles. The van der Waals surface area contributed by atoms with Crippen molar-refractivity contribution in [3.05, 3.63) is 53.5 Å². The molecule has 0 saturated heterocycles. The highest BCUT2D eigenvalue weighted by atomic mass is 16.5. The second-order valence-electron chi connectivity index (χ2n) is 3.61. The first-order valence-electron chi connectivity index (χ1n) is 5.18. The maximum Gasteiger partial charge on any atom is 0.243 e. The predicted molar refractivity (Wildman–Crippen MR) is 63.2 cm³/mol. The summed E-state index contributed by atoms with van der Waals surface area (Å²) in [5.74, 6) is 0.0673. The summed E-state index contributed by atoms with van der Waals surface area (Å²) in [5.41, 5.74) is 1.85. The molecule has 0 amide bonds. The van der Waals surface area contributed by atoms with E-state index >= 15 is 0 Å². The van der Waals surface area contributed by atoms with E-state index in [0.717, 1.165) is 5.56 Å². The van der Waals surface area contributed by atoms with E-state index in [1.54, 1.807) is 6.07 Å². The Morgan fingerprint density at radius 3 is 2.71 bits per heavy atom. The number of ether oxygens (including phenoxy) is 1. The van der Waals surface area contributed by atoms with Gasteiger partial charge in [0.2, 0.25) is 11.7 Å². The molecule has 1 aromatic carbocycles. The summed E-state index contributed by atoms with van der Waals surface area (Å²) in [6.45, 7) is 1.94. The molecule has 0 radical (unpaired) electrons. The van der Waals surface area contributed by atoms with Gasteiger partial charge in [0.05, 0.1) is 7.11 Å². The number of methoxy groups -OCH3 is 1. The summed E-state index contributed by atoms with van der Waals surface area (Å²) < 4.78 is 5.02. The number of benzene rings is 1. The Morgan fingerprint density at radius 2 is 2.00 bits per heavy atom. The SMILES string of the molecule is COc1nccnc1C(=O)c1cccc(C)c1. The van der Waals surface area contributed by atoms with Crippen LogP contribution in [0, 0.1) is 6.92 Å². The Morgan fingerprint density at radius 1 is 1.24 bits per heavy atom. The highest BCUT2D eigenvalue weighted by molar-refractivity contribution is 6.09. The first-order valence-corrected chi connectivity index (χ1v) is 5.18. The fourth-order valence-electron chi connectivity index (χ4n) is 1.55. The number of hydrogen-bond acceptors (Lipinski definition) is 4. The maximum atomic E-state index is 12.2. The van der Waals surface area contributed by atoms with Crippen LogP contribution in [0.5, 0.6) is 5.88 Å². The standard InChI is InChI=1S/C13H12N2O2/c1-9-4-3-5-10(8-9)12(16)11-13(17-2)15-7-6-14-11/h3-8H,1-2H3. The first kappa shape index (κ1) is 11.3. The van der Waals surface area contributed by atoms with E-state index in [4.69, 9.17) is 4.74 Å². The summed E-state index contributed by atoms with van der Waals surface area (Å²) in [6, 6.07) is 7.34. The van der Waals surface area contributed by atoms with Crippen molar-refractivity contribution in [1.82, 2.24) is 9.97 Å². The lowest BCUT2D eigenvalue weighted by atomic mass is 10.1. The van der Waals surface area contributed by atoms with Crippen LogP contribution in [0.4, 0.5) is 0 Å². The molecule has 86 valence electrons. The van der Waals surface area contributed by atoms with Gasteiger partial charge < -0.3 is 4.74 Å². The molecule has 1 aromatic heterocycles. The largest absolute Gasteiger partial charge is 0.479 e. The smallest absolute Gasteiger partial charge is 0.243 e. The Bertz CT molecular complexity index is 553. The van der Waals surface area contributed by atoms with E-state index in [2.05, 4.69) is 9.97 Å². The molecule has 0 spiro atoms. The summed E-state index contributed by atoms with van der Waals surface area (Å²) in [5, 5.41) is 0. The van der Waals surface area contributed by atoms with Gasteiger partial charge in [0, 0.05) is 18.0 Å². The molecule has 0 N–H and O–H groups in total. The van der Waals surface area contributed by atoms with E-state index in [-0.39, 0.29) is 17.4 Å². The minimum atomic E-state index is -0.182. The quantitative estimate of drug-likeness (QED) is 0.754. The molecule has 0 aliphatic carbocycles. The molecule has 17 heavy (non-hydrogen) atoms. The molecule has 4 heteroatoms. The Kier molecular flexibility index (Phi) is 3.14. The fourth-order valence-corrected chi connectivity index (χ4v) is 1.55. The number of ketones is 1. The summed E-state index contributed by atoms with van der Waals surface area (Å²) in [7, 11) is 1.47. The number of carbonyl (C=O) groups excluding carboxylic acids is 1. The van der Waals surface area contributed by atoms with E-state index in [1.165, 1.54) is 19.5 Å². The molecular weight excluding hydrogens is 216 g/mol. The van der Waals surface area contributed by atoms with Crippen LogP contribution in [0.25, 0.3) is 0 Å². The number of hydrogen-bond donors (Lipinski definition) is 0. The lowest BCUT2D eigenvalue weighted by molar-refractivity contribution is 0.103. The zero-order valence-electron chi connectivity index (χ0n) is 9.68. The Labute approximate surface area is 99.3 Å². The summed E-state index contributed by atoms with van der Waals surface area (Å²) in [4.78, 5) is 20.2. The van der Waals surface area contributed by atoms with Crippen molar-refractivity contribution in [3.63, 3.8) is 0 Å². The number of aromatic nitrogens is 2. The lowest BCUT2D eigenvalue weighted by Crippen LogP contribution is -2.07. The third kappa shape index (κ3) is 2.30. The van der Waals surface area contributed by atoms with Gasteiger partial charge in [-0.1, -0.05) is 23.8 Å². The zero-order chi connectivity index (χ0) is 12.3. The minimum absolute atomic E-state index is 0.182. The van der Waals surface area contributed by atoms with Gasteiger partial charge in [-0.15, -0.1) is 0 Å². The third-order valence-corrected chi connectivity index (χ3v) is 2.35. The lowest BCUT2D eigenvalue weighted by Gasteiger charge is -2.05. The van der Waals surface area contributed by atoms with Gasteiger partial charge in [-0.25, -0.2) is 9.97 Å². The van der Waals surface area contributed by atoms with Gasteiger partial charge in [0.25, 0.3) is 0 Å². The fraction of sp³-hybridized carbons (Fsp3) is 0.154. The molecule has 0 fully saturated rings. The highest BCUT2D eigenvalue weighted by Gasteiger charge is 2.16.